The number of benzene rings is 2. The Labute approximate surface area is 181 Å². The van der Waals surface area contributed by atoms with Gasteiger partial charge in [-0.2, -0.15) is 4.98 Å². The third-order valence-electron chi connectivity index (χ3n) is 5.73. The highest BCUT2D eigenvalue weighted by molar-refractivity contribution is 5.88. The van der Waals surface area contributed by atoms with Crippen LogP contribution in [0.4, 0.5) is 11.5 Å². The highest BCUT2D eigenvalue weighted by Gasteiger charge is 2.24. The van der Waals surface area contributed by atoms with E-state index in [1.807, 2.05) is 37.3 Å². The van der Waals surface area contributed by atoms with Crippen LogP contribution in [0, 0.1) is 0 Å². The highest BCUT2D eigenvalue weighted by Crippen LogP contribution is 2.32. The quantitative estimate of drug-likeness (QED) is 0.484. The molecule has 0 atom stereocenters. The molecule has 3 heterocycles. The molecule has 0 unspecified atom stereocenters. The average Bonchev–Trinajstić information content (AvgIpc) is 3.33. The number of hydrogen-bond acceptors (Lipinski definition) is 7. The predicted octanol–water partition coefficient (Wildman–Crippen LogP) is 4.18. The van der Waals surface area contributed by atoms with E-state index in [4.69, 9.17) is 14.2 Å². The van der Waals surface area contributed by atoms with Gasteiger partial charge in [-0.05, 0) is 36.4 Å². The molecule has 7 heteroatoms. The van der Waals surface area contributed by atoms with Gasteiger partial charge in [-0.3, -0.25) is 0 Å². The first kappa shape index (κ1) is 19.4. The van der Waals surface area contributed by atoms with E-state index in [9.17, 15) is 0 Å². The number of aryl methyl sites for hydroxylation is 1. The molecule has 0 N–H and O–H groups in total. The predicted molar refractivity (Wildman–Crippen MR) is 122 cm³/mol. The third kappa shape index (κ3) is 3.79. The van der Waals surface area contributed by atoms with Crippen molar-refractivity contribution in [2.75, 3.05) is 43.1 Å². The highest BCUT2D eigenvalue weighted by atomic mass is 16.5. The van der Waals surface area contributed by atoms with Crippen LogP contribution in [0.15, 0.2) is 59.1 Å². The van der Waals surface area contributed by atoms with Crippen molar-refractivity contribution in [2.24, 2.45) is 0 Å². The summed E-state index contributed by atoms with van der Waals surface area (Å²) in [6, 6.07) is 18.5. The number of rotatable bonds is 5. The molecule has 0 amide bonds. The van der Waals surface area contributed by atoms with Crippen molar-refractivity contribution in [1.82, 2.24) is 15.1 Å². The van der Waals surface area contributed by atoms with Crippen molar-refractivity contribution in [3.8, 4) is 17.1 Å². The topological polar surface area (TPSA) is 67.5 Å². The summed E-state index contributed by atoms with van der Waals surface area (Å²) in [7, 11) is 1.69. The van der Waals surface area contributed by atoms with Gasteiger partial charge in [0.2, 0.25) is 11.7 Å². The van der Waals surface area contributed by atoms with E-state index in [0.717, 1.165) is 54.2 Å². The van der Waals surface area contributed by atoms with Crippen molar-refractivity contribution >= 4 is 22.4 Å². The van der Waals surface area contributed by atoms with Gasteiger partial charge in [0.25, 0.3) is 0 Å². The number of methoxy groups -OCH3 is 1. The van der Waals surface area contributed by atoms with E-state index in [2.05, 4.69) is 44.2 Å². The van der Waals surface area contributed by atoms with Crippen LogP contribution < -0.4 is 14.5 Å². The molecule has 7 nitrogen and oxygen atoms in total. The number of nitrogens with zero attached hydrogens (tertiary/aromatic N) is 5. The maximum Gasteiger partial charge on any atom is 0.226 e. The van der Waals surface area contributed by atoms with Crippen molar-refractivity contribution in [1.29, 1.82) is 0 Å². The van der Waals surface area contributed by atoms with Crippen LogP contribution >= 0.6 is 0 Å². The second-order valence-electron chi connectivity index (χ2n) is 7.59. The van der Waals surface area contributed by atoms with Crippen LogP contribution in [-0.4, -0.2) is 48.4 Å². The Morgan fingerprint density at radius 1 is 0.935 bits per heavy atom. The Morgan fingerprint density at radius 3 is 2.39 bits per heavy atom. The lowest BCUT2D eigenvalue weighted by atomic mass is 10.1. The monoisotopic (exact) mass is 415 g/mol. The minimum absolute atomic E-state index is 0.600. The number of fused-ring (bicyclic) bond motifs is 1. The number of pyridine rings is 1. The van der Waals surface area contributed by atoms with Gasteiger partial charge in [0.05, 0.1) is 18.2 Å². The van der Waals surface area contributed by atoms with Crippen molar-refractivity contribution in [2.45, 2.75) is 13.3 Å². The smallest absolute Gasteiger partial charge is 0.226 e. The van der Waals surface area contributed by atoms with Crippen LogP contribution in [0.25, 0.3) is 22.3 Å². The van der Waals surface area contributed by atoms with Crippen LogP contribution in [-0.2, 0) is 6.42 Å². The Morgan fingerprint density at radius 2 is 1.68 bits per heavy atom. The molecule has 0 spiro atoms. The molecule has 158 valence electrons. The first-order chi connectivity index (χ1) is 15.2. The van der Waals surface area contributed by atoms with E-state index >= 15 is 0 Å². The molecule has 2 aromatic carbocycles. The van der Waals surface area contributed by atoms with E-state index in [1.165, 1.54) is 5.69 Å². The van der Waals surface area contributed by atoms with Crippen LogP contribution in [0.1, 0.15) is 12.8 Å². The van der Waals surface area contributed by atoms with Crippen LogP contribution in [0.2, 0.25) is 0 Å². The lowest BCUT2D eigenvalue weighted by molar-refractivity contribution is 0.383. The molecule has 1 aliphatic rings. The first-order valence-corrected chi connectivity index (χ1v) is 10.6. The maximum atomic E-state index is 5.39. The fourth-order valence-electron chi connectivity index (χ4n) is 3.99. The molecule has 1 saturated heterocycles. The number of hydrogen-bond donors (Lipinski definition) is 0. The molecule has 2 aromatic heterocycles. The molecule has 1 fully saturated rings. The molecule has 31 heavy (non-hydrogen) atoms. The SMILES string of the molecule is CCc1nc(-c2cc3ccccc3nc2N2CCN(c3ccc(OC)cc3)CC2)no1. The van der Waals surface area contributed by atoms with E-state index in [-0.39, 0.29) is 0 Å². The van der Waals surface area contributed by atoms with Gasteiger partial charge in [-0.15, -0.1) is 0 Å². The summed E-state index contributed by atoms with van der Waals surface area (Å²) in [6.45, 7) is 5.56. The van der Waals surface area contributed by atoms with Gasteiger partial charge in [0.15, 0.2) is 0 Å². The summed E-state index contributed by atoms with van der Waals surface area (Å²) < 4.78 is 10.7. The van der Waals surface area contributed by atoms with E-state index in [1.54, 1.807) is 7.11 Å². The minimum atomic E-state index is 0.600. The summed E-state index contributed by atoms with van der Waals surface area (Å²) >= 11 is 0. The van der Waals surface area contributed by atoms with Crippen LogP contribution in [0.5, 0.6) is 5.75 Å². The van der Waals surface area contributed by atoms with Gasteiger partial charge in [0.1, 0.15) is 11.6 Å². The maximum absolute atomic E-state index is 5.39. The molecule has 0 radical (unpaired) electrons. The lowest BCUT2D eigenvalue weighted by Gasteiger charge is -2.37. The Kier molecular flexibility index (Phi) is 5.16. The third-order valence-corrected chi connectivity index (χ3v) is 5.73. The Bertz CT molecular complexity index is 1180. The van der Waals surface area contributed by atoms with Crippen molar-refractivity contribution in [3.05, 3.63) is 60.5 Å². The number of para-hydroxylation sites is 1. The summed E-state index contributed by atoms with van der Waals surface area (Å²) in [5.41, 5.74) is 3.09. The average molecular weight is 415 g/mol. The summed E-state index contributed by atoms with van der Waals surface area (Å²) in [4.78, 5) is 14.3. The second kappa shape index (κ2) is 8.26. The number of aromatic nitrogens is 3. The van der Waals surface area contributed by atoms with Crippen LogP contribution in [0.3, 0.4) is 0 Å². The molecule has 5 rings (SSSR count). The van der Waals surface area contributed by atoms with Crippen molar-refractivity contribution < 1.29 is 9.26 Å². The first-order valence-electron chi connectivity index (χ1n) is 10.6. The molecule has 0 saturated carbocycles. The van der Waals surface area contributed by atoms with Gasteiger partial charge < -0.3 is 19.1 Å². The number of ether oxygens (including phenoxy) is 1. The Hall–Kier alpha value is -3.61. The fourth-order valence-corrected chi connectivity index (χ4v) is 3.99. The summed E-state index contributed by atoms with van der Waals surface area (Å²) in [6.07, 6.45) is 0.712. The molecule has 1 aliphatic heterocycles. The number of piperazine rings is 1. The summed E-state index contributed by atoms with van der Waals surface area (Å²) in [5.74, 6) is 3.02. The standard InChI is InChI=1S/C24H25N5O2/c1-3-22-26-23(27-31-22)20-16-17-6-4-5-7-21(17)25-24(20)29-14-12-28(13-15-29)18-8-10-19(30-2)11-9-18/h4-11,16H,3,12-15H2,1-2H3. The van der Waals surface area contributed by atoms with Crippen molar-refractivity contribution in [3.63, 3.8) is 0 Å². The molecule has 4 aromatic rings. The van der Waals surface area contributed by atoms with E-state index < -0.39 is 0 Å². The van der Waals surface area contributed by atoms with Gasteiger partial charge in [-0.25, -0.2) is 4.98 Å². The second-order valence-corrected chi connectivity index (χ2v) is 7.59. The number of anilines is 2. The Balaban J connectivity index is 1.44. The van der Waals surface area contributed by atoms with E-state index in [0.29, 0.717) is 18.1 Å². The normalized spacial score (nSPS) is 14.3. The van der Waals surface area contributed by atoms with Gasteiger partial charge in [-0.1, -0.05) is 30.3 Å². The minimum Gasteiger partial charge on any atom is -0.497 e. The largest absolute Gasteiger partial charge is 0.497 e. The molecular weight excluding hydrogens is 390 g/mol. The molecule has 0 aliphatic carbocycles. The lowest BCUT2D eigenvalue weighted by Crippen LogP contribution is -2.47. The molecule has 0 bridgehead atoms. The van der Waals surface area contributed by atoms with Gasteiger partial charge in [0, 0.05) is 43.7 Å². The zero-order valence-corrected chi connectivity index (χ0v) is 17.8. The zero-order chi connectivity index (χ0) is 21.2. The zero-order valence-electron chi connectivity index (χ0n) is 17.8. The fraction of sp³-hybridized carbons (Fsp3) is 0.292. The molecular formula is C24H25N5O2. The summed E-state index contributed by atoms with van der Waals surface area (Å²) in [5, 5.41) is 5.29. The van der Waals surface area contributed by atoms with Gasteiger partial charge >= 0.3 is 0 Å².